The summed E-state index contributed by atoms with van der Waals surface area (Å²) in [6.45, 7) is 1.03. The van der Waals surface area contributed by atoms with Gasteiger partial charge in [-0.3, -0.25) is 19.3 Å². The van der Waals surface area contributed by atoms with Gasteiger partial charge in [0.1, 0.15) is 12.2 Å². The Hall–Kier alpha value is -2.63. The van der Waals surface area contributed by atoms with Crippen molar-refractivity contribution in [2.75, 3.05) is 25.5 Å². The van der Waals surface area contributed by atoms with Crippen LogP contribution in [-0.4, -0.2) is 43.3 Å². The standard InChI is InChI=1S/C15H17N3O3/c1-10(19)18-9-14(20)16-13(15(18)21)8-11-4-6-12(7-5-11)17(2)3/h4-8H,9H2,1-3H3,(H,16,20)/b13-8-. The molecule has 1 fully saturated rings. The molecule has 0 saturated carbocycles. The number of carbonyl (C=O) groups excluding carboxylic acids is 3. The third-order valence-corrected chi connectivity index (χ3v) is 3.15. The minimum Gasteiger partial charge on any atom is -0.378 e. The maximum absolute atomic E-state index is 12.1. The summed E-state index contributed by atoms with van der Waals surface area (Å²) in [6, 6.07) is 7.50. The topological polar surface area (TPSA) is 69.7 Å². The summed E-state index contributed by atoms with van der Waals surface area (Å²) >= 11 is 0. The summed E-state index contributed by atoms with van der Waals surface area (Å²) in [5, 5.41) is 2.51. The van der Waals surface area contributed by atoms with E-state index in [2.05, 4.69) is 5.32 Å². The van der Waals surface area contributed by atoms with Crippen LogP contribution in [-0.2, 0) is 14.4 Å². The second-order valence-electron chi connectivity index (χ2n) is 5.00. The number of benzene rings is 1. The maximum Gasteiger partial charge on any atom is 0.277 e. The molecule has 0 spiro atoms. The van der Waals surface area contributed by atoms with Crippen molar-refractivity contribution in [3.8, 4) is 0 Å². The highest BCUT2D eigenvalue weighted by atomic mass is 16.2. The SMILES string of the molecule is CC(=O)N1CC(=O)N/C(=C\c2ccc(N(C)C)cc2)C1=O. The van der Waals surface area contributed by atoms with Gasteiger partial charge in [-0.15, -0.1) is 0 Å². The van der Waals surface area contributed by atoms with Crippen LogP contribution in [0.15, 0.2) is 30.0 Å². The lowest BCUT2D eigenvalue weighted by Crippen LogP contribution is -2.51. The highest BCUT2D eigenvalue weighted by Gasteiger charge is 2.30. The van der Waals surface area contributed by atoms with Gasteiger partial charge in [0.05, 0.1) is 0 Å². The Bertz CT molecular complexity index is 618. The van der Waals surface area contributed by atoms with E-state index >= 15 is 0 Å². The molecular weight excluding hydrogens is 270 g/mol. The summed E-state index contributed by atoms with van der Waals surface area (Å²) in [5.74, 6) is -1.30. The summed E-state index contributed by atoms with van der Waals surface area (Å²) in [4.78, 5) is 37.9. The van der Waals surface area contributed by atoms with E-state index in [4.69, 9.17) is 0 Å². The van der Waals surface area contributed by atoms with Crippen molar-refractivity contribution in [2.24, 2.45) is 0 Å². The number of piperazine rings is 1. The maximum atomic E-state index is 12.1. The molecule has 6 nitrogen and oxygen atoms in total. The summed E-state index contributed by atoms with van der Waals surface area (Å²) in [5.41, 5.74) is 1.91. The molecule has 1 aliphatic rings. The van der Waals surface area contributed by atoms with Crippen molar-refractivity contribution < 1.29 is 14.4 Å². The number of imide groups is 1. The van der Waals surface area contributed by atoms with Gasteiger partial charge in [-0.05, 0) is 23.8 Å². The Morgan fingerprint density at radius 3 is 2.38 bits per heavy atom. The average molecular weight is 287 g/mol. The van der Waals surface area contributed by atoms with Crippen LogP contribution >= 0.6 is 0 Å². The molecule has 0 radical (unpaired) electrons. The lowest BCUT2D eigenvalue weighted by molar-refractivity contribution is -0.147. The van der Waals surface area contributed by atoms with Crippen LogP contribution in [0.3, 0.4) is 0 Å². The molecule has 0 bridgehead atoms. The predicted octanol–water partition coefficient (Wildman–Crippen LogP) is 0.598. The third-order valence-electron chi connectivity index (χ3n) is 3.15. The van der Waals surface area contributed by atoms with E-state index < -0.39 is 11.8 Å². The van der Waals surface area contributed by atoms with Gasteiger partial charge in [0.15, 0.2) is 0 Å². The molecule has 21 heavy (non-hydrogen) atoms. The first kappa shape index (κ1) is 14.8. The van der Waals surface area contributed by atoms with Crippen molar-refractivity contribution in [2.45, 2.75) is 6.92 Å². The molecule has 1 aromatic carbocycles. The fourth-order valence-electron chi connectivity index (χ4n) is 1.99. The van der Waals surface area contributed by atoms with Crippen molar-refractivity contribution in [1.82, 2.24) is 10.2 Å². The number of rotatable bonds is 2. The minimum atomic E-state index is -0.487. The molecule has 110 valence electrons. The van der Waals surface area contributed by atoms with E-state index in [1.165, 1.54) is 6.92 Å². The Balaban J connectivity index is 2.28. The second kappa shape index (κ2) is 5.78. The van der Waals surface area contributed by atoms with Crippen LogP contribution in [0.4, 0.5) is 5.69 Å². The Morgan fingerprint density at radius 1 is 1.24 bits per heavy atom. The summed E-state index contributed by atoms with van der Waals surface area (Å²) in [6.07, 6.45) is 1.56. The van der Waals surface area contributed by atoms with Crippen LogP contribution in [0, 0.1) is 0 Å². The van der Waals surface area contributed by atoms with E-state index in [0.29, 0.717) is 0 Å². The lowest BCUT2D eigenvalue weighted by atomic mass is 10.1. The largest absolute Gasteiger partial charge is 0.378 e. The van der Waals surface area contributed by atoms with Gasteiger partial charge in [0.2, 0.25) is 11.8 Å². The number of anilines is 1. The highest BCUT2D eigenvalue weighted by molar-refractivity contribution is 6.12. The summed E-state index contributed by atoms with van der Waals surface area (Å²) < 4.78 is 0. The van der Waals surface area contributed by atoms with E-state index in [0.717, 1.165) is 16.2 Å². The number of amides is 3. The normalized spacial score (nSPS) is 16.9. The Labute approximate surface area is 123 Å². The zero-order valence-corrected chi connectivity index (χ0v) is 12.2. The van der Waals surface area contributed by atoms with E-state index in [-0.39, 0.29) is 18.1 Å². The van der Waals surface area contributed by atoms with Crippen LogP contribution in [0.2, 0.25) is 0 Å². The van der Waals surface area contributed by atoms with Gasteiger partial charge in [0.25, 0.3) is 5.91 Å². The fourth-order valence-corrected chi connectivity index (χ4v) is 1.99. The molecule has 1 aromatic rings. The van der Waals surface area contributed by atoms with Gasteiger partial charge in [-0.2, -0.15) is 0 Å². The molecule has 3 amide bonds. The molecule has 6 heteroatoms. The molecule has 1 heterocycles. The van der Waals surface area contributed by atoms with E-state index in [1.807, 2.05) is 43.3 Å². The monoisotopic (exact) mass is 287 g/mol. The first-order valence-electron chi connectivity index (χ1n) is 6.50. The first-order chi connectivity index (χ1) is 9.88. The van der Waals surface area contributed by atoms with Crippen molar-refractivity contribution in [3.05, 3.63) is 35.5 Å². The number of carbonyl (C=O) groups is 3. The quantitative estimate of drug-likeness (QED) is 0.809. The molecule has 0 aliphatic carbocycles. The predicted molar refractivity (Wildman–Crippen MR) is 79.3 cm³/mol. The van der Waals surface area contributed by atoms with E-state index in [9.17, 15) is 14.4 Å². The molecule has 2 rings (SSSR count). The Kier molecular flexibility index (Phi) is 4.07. The first-order valence-corrected chi connectivity index (χ1v) is 6.50. The van der Waals surface area contributed by atoms with Crippen molar-refractivity contribution in [1.29, 1.82) is 0 Å². The van der Waals surface area contributed by atoms with E-state index in [1.54, 1.807) is 6.08 Å². The molecule has 1 saturated heterocycles. The van der Waals surface area contributed by atoms with Crippen LogP contribution in [0.25, 0.3) is 6.08 Å². The smallest absolute Gasteiger partial charge is 0.277 e. The average Bonchev–Trinajstić information content (AvgIpc) is 2.42. The third kappa shape index (κ3) is 3.28. The zero-order chi connectivity index (χ0) is 15.6. The number of nitrogens with zero attached hydrogens (tertiary/aromatic N) is 2. The number of nitrogens with one attached hydrogen (secondary N) is 1. The highest BCUT2D eigenvalue weighted by Crippen LogP contribution is 2.16. The number of hydrogen-bond donors (Lipinski definition) is 1. The summed E-state index contributed by atoms with van der Waals surface area (Å²) in [7, 11) is 3.87. The van der Waals surface area contributed by atoms with Gasteiger partial charge < -0.3 is 10.2 Å². The van der Waals surface area contributed by atoms with Gasteiger partial charge in [-0.1, -0.05) is 12.1 Å². The number of hydrogen-bond acceptors (Lipinski definition) is 4. The Morgan fingerprint density at radius 2 is 1.86 bits per heavy atom. The van der Waals surface area contributed by atoms with Gasteiger partial charge >= 0.3 is 0 Å². The molecule has 1 N–H and O–H groups in total. The molecule has 1 aliphatic heterocycles. The molecule has 0 aromatic heterocycles. The van der Waals surface area contributed by atoms with Gasteiger partial charge in [0, 0.05) is 26.7 Å². The van der Waals surface area contributed by atoms with Crippen molar-refractivity contribution >= 4 is 29.5 Å². The van der Waals surface area contributed by atoms with Crippen molar-refractivity contribution in [3.63, 3.8) is 0 Å². The van der Waals surface area contributed by atoms with Crippen LogP contribution in [0.1, 0.15) is 12.5 Å². The van der Waals surface area contributed by atoms with Crippen LogP contribution in [0.5, 0.6) is 0 Å². The lowest BCUT2D eigenvalue weighted by Gasteiger charge is -2.25. The van der Waals surface area contributed by atoms with Crippen LogP contribution < -0.4 is 10.2 Å². The van der Waals surface area contributed by atoms with Gasteiger partial charge in [-0.25, -0.2) is 0 Å². The second-order valence-corrected chi connectivity index (χ2v) is 5.00. The molecular formula is C15H17N3O3. The molecule has 0 atom stereocenters. The molecule has 0 unspecified atom stereocenters. The minimum absolute atomic E-state index is 0.110. The zero-order valence-electron chi connectivity index (χ0n) is 12.2. The fraction of sp³-hybridized carbons (Fsp3) is 0.267.